The van der Waals surface area contributed by atoms with Crippen molar-refractivity contribution in [3.63, 3.8) is 0 Å². The van der Waals surface area contributed by atoms with Gasteiger partial charge in [0, 0.05) is 24.8 Å². The van der Waals surface area contributed by atoms with E-state index in [1.54, 1.807) is 0 Å². The Morgan fingerprint density at radius 3 is 2.71 bits per heavy atom. The van der Waals surface area contributed by atoms with Crippen molar-refractivity contribution in [2.24, 2.45) is 0 Å². The van der Waals surface area contributed by atoms with E-state index in [4.69, 9.17) is 5.26 Å². The number of piperazine rings is 1. The van der Waals surface area contributed by atoms with Gasteiger partial charge in [0.15, 0.2) is 0 Å². The van der Waals surface area contributed by atoms with Crippen molar-refractivity contribution in [2.75, 3.05) is 18.0 Å². The third kappa shape index (κ3) is 2.59. The first-order chi connectivity index (χ1) is 8.22. The van der Waals surface area contributed by atoms with E-state index in [9.17, 15) is 0 Å². The number of nitrogens with zero attached hydrogens (tertiary/aromatic N) is 2. The van der Waals surface area contributed by atoms with E-state index in [1.807, 2.05) is 0 Å². The van der Waals surface area contributed by atoms with E-state index in [-0.39, 0.29) is 6.04 Å². The van der Waals surface area contributed by atoms with Crippen molar-refractivity contribution >= 4 is 5.69 Å². The van der Waals surface area contributed by atoms with Crippen molar-refractivity contribution in [3.8, 4) is 6.07 Å². The van der Waals surface area contributed by atoms with Crippen LogP contribution in [0.15, 0.2) is 24.3 Å². The Labute approximate surface area is 103 Å². The van der Waals surface area contributed by atoms with Gasteiger partial charge in [0.1, 0.15) is 0 Å². The van der Waals surface area contributed by atoms with Crippen LogP contribution in [0.2, 0.25) is 0 Å². The highest BCUT2D eigenvalue weighted by atomic mass is 15.2. The van der Waals surface area contributed by atoms with Crippen LogP contribution < -0.4 is 10.2 Å². The second-order valence-corrected chi connectivity index (χ2v) is 4.77. The number of hydrogen-bond acceptors (Lipinski definition) is 3. The van der Waals surface area contributed by atoms with Crippen LogP contribution >= 0.6 is 0 Å². The van der Waals surface area contributed by atoms with Gasteiger partial charge in [-0.25, -0.2) is 0 Å². The van der Waals surface area contributed by atoms with Gasteiger partial charge in [-0.15, -0.1) is 0 Å². The summed E-state index contributed by atoms with van der Waals surface area (Å²) in [6.07, 6.45) is 0.575. The highest BCUT2D eigenvalue weighted by Gasteiger charge is 2.27. The van der Waals surface area contributed by atoms with Crippen LogP contribution in [0.3, 0.4) is 0 Å². The summed E-state index contributed by atoms with van der Waals surface area (Å²) in [6, 6.07) is 11.6. The monoisotopic (exact) mass is 229 g/mol. The molecule has 2 rings (SSSR count). The third-order valence-corrected chi connectivity index (χ3v) is 3.35. The molecule has 3 heteroatoms. The van der Waals surface area contributed by atoms with E-state index >= 15 is 0 Å². The third-order valence-electron chi connectivity index (χ3n) is 3.35. The van der Waals surface area contributed by atoms with Crippen molar-refractivity contribution in [3.05, 3.63) is 29.8 Å². The average molecular weight is 229 g/mol. The van der Waals surface area contributed by atoms with Crippen LogP contribution in [-0.4, -0.2) is 25.2 Å². The van der Waals surface area contributed by atoms with Crippen molar-refractivity contribution in [1.82, 2.24) is 5.32 Å². The maximum Gasteiger partial charge on any atom is 0.0643 e. The van der Waals surface area contributed by atoms with Crippen LogP contribution in [-0.2, 0) is 0 Å². The number of rotatable bonds is 2. The maximum atomic E-state index is 8.91. The molecule has 0 aliphatic carbocycles. The molecular formula is C14H19N3. The summed E-state index contributed by atoms with van der Waals surface area (Å²) < 4.78 is 0. The first kappa shape index (κ1) is 11.9. The van der Waals surface area contributed by atoms with Gasteiger partial charge in [-0.1, -0.05) is 17.7 Å². The quantitative estimate of drug-likeness (QED) is 0.844. The molecule has 3 nitrogen and oxygen atoms in total. The first-order valence-electron chi connectivity index (χ1n) is 6.15. The molecule has 2 unspecified atom stereocenters. The van der Waals surface area contributed by atoms with Gasteiger partial charge in [-0.3, -0.25) is 0 Å². The molecule has 17 heavy (non-hydrogen) atoms. The van der Waals surface area contributed by atoms with Gasteiger partial charge < -0.3 is 10.2 Å². The molecule has 0 radical (unpaired) electrons. The number of anilines is 1. The lowest BCUT2D eigenvalue weighted by Gasteiger charge is -2.42. The Hall–Kier alpha value is -1.53. The van der Waals surface area contributed by atoms with Gasteiger partial charge in [0.25, 0.3) is 0 Å². The summed E-state index contributed by atoms with van der Waals surface area (Å²) in [7, 11) is 0. The molecule has 2 atom stereocenters. The van der Waals surface area contributed by atoms with E-state index in [2.05, 4.69) is 54.4 Å². The summed E-state index contributed by atoms with van der Waals surface area (Å²) in [5.41, 5.74) is 2.50. The lowest BCUT2D eigenvalue weighted by atomic mass is 10.0. The SMILES string of the molecule is Cc1ccc(N2C(C)CNCC2CC#N)cc1. The highest BCUT2D eigenvalue weighted by molar-refractivity contribution is 5.50. The van der Waals surface area contributed by atoms with Crippen molar-refractivity contribution in [2.45, 2.75) is 32.4 Å². The zero-order chi connectivity index (χ0) is 12.3. The summed E-state index contributed by atoms with van der Waals surface area (Å²) in [6.45, 7) is 6.18. The normalized spacial score (nSPS) is 24.4. The van der Waals surface area contributed by atoms with Gasteiger partial charge in [0.05, 0.1) is 18.5 Å². The fourth-order valence-corrected chi connectivity index (χ4v) is 2.47. The molecule has 0 spiro atoms. The molecular weight excluding hydrogens is 210 g/mol. The van der Waals surface area contributed by atoms with E-state index < -0.39 is 0 Å². The molecule has 90 valence electrons. The number of nitriles is 1. The van der Waals surface area contributed by atoms with Crippen LogP contribution in [0, 0.1) is 18.3 Å². The maximum absolute atomic E-state index is 8.91. The van der Waals surface area contributed by atoms with E-state index in [0.717, 1.165) is 13.1 Å². The summed E-state index contributed by atoms with van der Waals surface area (Å²) in [5.74, 6) is 0. The molecule has 1 saturated heterocycles. The minimum atomic E-state index is 0.284. The van der Waals surface area contributed by atoms with Gasteiger partial charge >= 0.3 is 0 Å². The van der Waals surface area contributed by atoms with Crippen molar-refractivity contribution in [1.29, 1.82) is 5.26 Å². The number of nitrogens with one attached hydrogen (secondary N) is 1. The summed E-state index contributed by atoms with van der Waals surface area (Å²) >= 11 is 0. The Bertz CT molecular complexity index is 404. The Balaban J connectivity index is 2.25. The lowest BCUT2D eigenvalue weighted by Crippen LogP contribution is -2.56. The topological polar surface area (TPSA) is 39.1 Å². The Morgan fingerprint density at radius 2 is 2.06 bits per heavy atom. The molecule has 1 N–H and O–H groups in total. The summed E-state index contributed by atoms with van der Waals surface area (Å²) in [4.78, 5) is 2.37. The second kappa shape index (κ2) is 5.20. The highest BCUT2D eigenvalue weighted by Crippen LogP contribution is 2.23. The molecule has 1 aromatic rings. The van der Waals surface area contributed by atoms with E-state index in [1.165, 1.54) is 11.3 Å². The van der Waals surface area contributed by atoms with Crippen LogP contribution in [0.1, 0.15) is 18.9 Å². The number of hydrogen-bond donors (Lipinski definition) is 1. The Kier molecular flexibility index (Phi) is 3.65. The molecule has 1 aromatic carbocycles. The molecule has 1 fully saturated rings. The van der Waals surface area contributed by atoms with Gasteiger partial charge in [0.2, 0.25) is 0 Å². The minimum Gasteiger partial charge on any atom is -0.362 e. The molecule has 0 saturated carbocycles. The standard InChI is InChI=1S/C14H19N3/c1-11-3-5-13(6-4-11)17-12(2)9-16-10-14(17)7-8-15/h3-6,12,14,16H,7,9-10H2,1-2H3. The van der Waals surface area contributed by atoms with Crippen molar-refractivity contribution < 1.29 is 0 Å². The van der Waals surface area contributed by atoms with Crippen LogP contribution in [0.25, 0.3) is 0 Å². The minimum absolute atomic E-state index is 0.284. The zero-order valence-corrected chi connectivity index (χ0v) is 10.5. The van der Waals surface area contributed by atoms with Gasteiger partial charge in [-0.05, 0) is 26.0 Å². The zero-order valence-electron chi connectivity index (χ0n) is 10.5. The Morgan fingerprint density at radius 1 is 1.35 bits per heavy atom. The first-order valence-corrected chi connectivity index (χ1v) is 6.15. The predicted octanol–water partition coefficient (Wildman–Crippen LogP) is 2.08. The molecule has 1 aliphatic rings. The molecule has 1 aliphatic heterocycles. The van der Waals surface area contributed by atoms with E-state index in [0.29, 0.717) is 12.5 Å². The van der Waals surface area contributed by atoms with Gasteiger partial charge in [-0.2, -0.15) is 5.26 Å². The molecule has 0 aromatic heterocycles. The molecule has 1 heterocycles. The van der Waals surface area contributed by atoms with Crippen LogP contribution in [0.5, 0.6) is 0 Å². The fraction of sp³-hybridized carbons (Fsp3) is 0.500. The number of aryl methyl sites for hydroxylation is 1. The lowest BCUT2D eigenvalue weighted by molar-refractivity contribution is 0.417. The molecule has 0 bridgehead atoms. The molecule has 0 amide bonds. The number of benzene rings is 1. The predicted molar refractivity (Wildman–Crippen MR) is 70.0 cm³/mol. The fourth-order valence-electron chi connectivity index (χ4n) is 2.47. The average Bonchev–Trinajstić information content (AvgIpc) is 2.32. The largest absolute Gasteiger partial charge is 0.362 e. The smallest absolute Gasteiger partial charge is 0.0643 e. The second-order valence-electron chi connectivity index (χ2n) is 4.77. The summed E-state index contributed by atoms with van der Waals surface area (Å²) in [5, 5.41) is 12.3. The van der Waals surface area contributed by atoms with Crippen LogP contribution in [0.4, 0.5) is 5.69 Å².